The van der Waals surface area contributed by atoms with Gasteiger partial charge in [0, 0.05) is 11.4 Å². The van der Waals surface area contributed by atoms with Gasteiger partial charge in [-0.15, -0.1) is 11.3 Å². The fourth-order valence-electron chi connectivity index (χ4n) is 3.09. The smallest absolute Gasteiger partial charge is 0.209 e. The van der Waals surface area contributed by atoms with Gasteiger partial charge in [0.2, 0.25) is 5.95 Å². The zero-order chi connectivity index (χ0) is 18.4. The summed E-state index contributed by atoms with van der Waals surface area (Å²) >= 11 is 1.69. The number of nitrogens with one attached hydrogen (secondary N) is 1. The molecule has 4 aromatic rings. The first-order chi connectivity index (χ1) is 12.5. The average Bonchev–Trinajstić information content (AvgIpc) is 3.10. The minimum Gasteiger partial charge on any atom is -0.392 e. The molecule has 134 valence electrons. The van der Waals surface area contributed by atoms with Gasteiger partial charge in [-0.1, -0.05) is 12.1 Å². The Kier molecular flexibility index (Phi) is 4.13. The standard InChI is InChI=1S/C19H21N5OS/c1-10(25)9-20-19-23-14-7-5-6-8-15(14)24(19)17-16-11(2)12(3)26-18(16)22-13(4)21-17/h5-8,10,25H,9H2,1-4H3,(H,20,23). The maximum Gasteiger partial charge on any atom is 0.209 e. The van der Waals surface area contributed by atoms with Gasteiger partial charge in [0.1, 0.15) is 10.7 Å². The van der Waals surface area contributed by atoms with Crippen LogP contribution in [0.25, 0.3) is 27.1 Å². The Morgan fingerprint density at radius 2 is 1.92 bits per heavy atom. The molecule has 6 nitrogen and oxygen atoms in total. The van der Waals surface area contributed by atoms with Gasteiger partial charge < -0.3 is 10.4 Å². The second-order valence-electron chi connectivity index (χ2n) is 6.55. The topological polar surface area (TPSA) is 75.9 Å². The van der Waals surface area contributed by atoms with Crippen LogP contribution in [0, 0.1) is 20.8 Å². The monoisotopic (exact) mass is 367 g/mol. The third kappa shape index (κ3) is 2.73. The van der Waals surface area contributed by atoms with E-state index in [0.717, 1.165) is 32.9 Å². The molecule has 1 aromatic carbocycles. The largest absolute Gasteiger partial charge is 0.392 e. The lowest BCUT2D eigenvalue weighted by molar-refractivity contribution is 0.208. The molecule has 3 heterocycles. The minimum atomic E-state index is -0.472. The van der Waals surface area contributed by atoms with Crippen LogP contribution in [0.1, 0.15) is 23.2 Å². The first-order valence-electron chi connectivity index (χ1n) is 8.60. The number of rotatable bonds is 4. The van der Waals surface area contributed by atoms with Crippen LogP contribution in [0.4, 0.5) is 5.95 Å². The third-order valence-electron chi connectivity index (χ3n) is 4.45. The predicted molar refractivity (Wildman–Crippen MR) is 106 cm³/mol. The molecule has 1 atom stereocenters. The zero-order valence-corrected chi connectivity index (χ0v) is 16.1. The summed E-state index contributed by atoms with van der Waals surface area (Å²) in [5.74, 6) is 2.24. The van der Waals surface area contributed by atoms with E-state index in [2.05, 4.69) is 24.1 Å². The van der Waals surface area contributed by atoms with Crippen LogP contribution in [-0.2, 0) is 0 Å². The second-order valence-corrected chi connectivity index (χ2v) is 7.75. The lowest BCUT2D eigenvalue weighted by atomic mass is 10.2. The number of hydrogen-bond acceptors (Lipinski definition) is 6. The molecule has 0 saturated carbocycles. The highest BCUT2D eigenvalue weighted by molar-refractivity contribution is 7.18. The minimum absolute atomic E-state index is 0.415. The Hall–Kier alpha value is -2.51. The van der Waals surface area contributed by atoms with E-state index in [-0.39, 0.29) is 0 Å². The van der Waals surface area contributed by atoms with E-state index in [1.165, 1.54) is 10.4 Å². The summed E-state index contributed by atoms with van der Waals surface area (Å²) in [4.78, 5) is 16.3. The highest BCUT2D eigenvalue weighted by atomic mass is 32.1. The van der Waals surface area contributed by atoms with Crippen LogP contribution >= 0.6 is 11.3 Å². The molecule has 0 aliphatic heterocycles. The van der Waals surface area contributed by atoms with Crippen LogP contribution in [0.2, 0.25) is 0 Å². The number of aromatic nitrogens is 4. The fraction of sp³-hybridized carbons (Fsp3) is 0.316. The highest BCUT2D eigenvalue weighted by Gasteiger charge is 2.20. The molecule has 0 aliphatic carbocycles. The van der Waals surface area contributed by atoms with E-state index in [4.69, 9.17) is 9.97 Å². The van der Waals surface area contributed by atoms with Crippen molar-refractivity contribution in [2.24, 2.45) is 0 Å². The van der Waals surface area contributed by atoms with E-state index in [1.54, 1.807) is 18.3 Å². The van der Waals surface area contributed by atoms with Crippen molar-refractivity contribution in [3.05, 3.63) is 40.5 Å². The molecule has 26 heavy (non-hydrogen) atoms. The summed E-state index contributed by atoms with van der Waals surface area (Å²) in [7, 11) is 0. The van der Waals surface area contributed by atoms with E-state index < -0.39 is 6.10 Å². The van der Waals surface area contributed by atoms with Gasteiger partial charge in [0.25, 0.3) is 0 Å². The van der Waals surface area contributed by atoms with E-state index >= 15 is 0 Å². The molecule has 3 aromatic heterocycles. The van der Waals surface area contributed by atoms with Crippen molar-refractivity contribution in [3.8, 4) is 5.82 Å². The number of aryl methyl sites for hydroxylation is 3. The molecule has 0 saturated heterocycles. The molecule has 4 rings (SSSR count). The van der Waals surface area contributed by atoms with Gasteiger partial charge in [-0.25, -0.2) is 15.0 Å². The summed E-state index contributed by atoms with van der Waals surface area (Å²) < 4.78 is 2.04. The summed E-state index contributed by atoms with van der Waals surface area (Å²) in [6.45, 7) is 8.30. The Balaban J connectivity index is 2.05. The van der Waals surface area contributed by atoms with E-state index in [9.17, 15) is 5.11 Å². The number of anilines is 1. The van der Waals surface area contributed by atoms with Crippen molar-refractivity contribution in [1.29, 1.82) is 0 Å². The van der Waals surface area contributed by atoms with Gasteiger partial charge in [0.15, 0.2) is 5.82 Å². The molecule has 1 unspecified atom stereocenters. The Morgan fingerprint density at radius 3 is 2.69 bits per heavy atom. The Morgan fingerprint density at radius 1 is 1.15 bits per heavy atom. The third-order valence-corrected chi connectivity index (χ3v) is 5.55. The molecule has 0 aliphatic rings. The second kappa shape index (κ2) is 6.34. The number of aliphatic hydroxyl groups excluding tert-OH is 1. The quantitative estimate of drug-likeness (QED) is 0.574. The number of thiophene rings is 1. The SMILES string of the molecule is Cc1nc(-n2c(NCC(C)O)nc3ccccc32)c2c(C)c(C)sc2n1. The van der Waals surface area contributed by atoms with Crippen molar-refractivity contribution >= 4 is 38.5 Å². The van der Waals surface area contributed by atoms with Crippen molar-refractivity contribution < 1.29 is 5.11 Å². The summed E-state index contributed by atoms with van der Waals surface area (Å²) in [6.07, 6.45) is -0.472. The molecule has 0 fully saturated rings. The lowest BCUT2D eigenvalue weighted by Crippen LogP contribution is -2.18. The number of imidazole rings is 1. The summed E-state index contributed by atoms with van der Waals surface area (Å²) in [5.41, 5.74) is 3.05. The first-order valence-corrected chi connectivity index (χ1v) is 9.41. The van der Waals surface area contributed by atoms with E-state index in [1.807, 2.05) is 35.8 Å². The van der Waals surface area contributed by atoms with Crippen molar-refractivity contribution in [2.45, 2.75) is 33.8 Å². The molecular weight excluding hydrogens is 346 g/mol. The molecule has 0 spiro atoms. The van der Waals surface area contributed by atoms with Crippen LogP contribution < -0.4 is 5.32 Å². The van der Waals surface area contributed by atoms with Gasteiger partial charge >= 0.3 is 0 Å². The maximum absolute atomic E-state index is 9.69. The van der Waals surface area contributed by atoms with Crippen LogP contribution in [0.5, 0.6) is 0 Å². The summed E-state index contributed by atoms with van der Waals surface area (Å²) in [6, 6.07) is 7.99. The van der Waals surface area contributed by atoms with Crippen LogP contribution in [0.3, 0.4) is 0 Å². The first kappa shape index (κ1) is 16.9. The van der Waals surface area contributed by atoms with E-state index in [0.29, 0.717) is 12.5 Å². The summed E-state index contributed by atoms with van der Waals surface area (Å²) in [5, 5.41) is 14.0. The van der Waals surface area contributed by atoms with Gasteiger partial charge in [-0.05, 0) is 45.4 Å². The number of aliphatic hydroxyl groups is 1. The van der Waals surface area contributed by atoms with Crippen molar-refractivity contribution in [3.63, 3.8) is 0 Å². The zero-order valence-electron chi connectivity index (χ0n) is 15.2. The number of fused-ring (bicyclic) bond motifs is 2. The fourth-order valence-corrected chi connectivity index (χ4v) is 4.16. The van der Waals surface area contributed by atoms with Crippen molar-refractivity contribution in [2.75, 3.05) is 11.9 Å². The molecule has 0 radical (unpaired) electrons. The number of para-hydroxylation sites is 2. The van der Waals surface area contributed by atoms with Crippen molar-refractivity contribution in [1.82, 2.24) is 19.5 Å². The van der Waals surface area contributed by atoms with Gasteiger partial charge in [-0.3, -0.25) is 4.57 Å². The van der Waals surface area contributed by atoms with Crippen LogP contribution in [-0.4, -0.2) is 37.3 Å². The number of benzene rings is 1. The molecular formula is C19H21N5OS. The number of hydrogen-bond donors (Lipinski definition) is 2. The molecule has 2 N–H and O–H groups in total. The molecule has 0 bridgehead atoms. The predicted octanol–water partition coefficient (Wildman–Crippen LogP) is 3.75. The number of nitrogens with zero attached hydrogens (tertiary/aromatic N) is 4. The average molecular weight is 367 g/mol. The Bertz CT molecular complexity index is 1110. The maximum atomic E-state index is 9.69. The normalized spacial score (nSPS) is 12.8. The molecule has 0 amide bonds. The lowest BCUT2D eigenvalue weighted by Gasteiger charge is -2.13. The Labute approximate surface area is 155 Å². The van der Waals surface area contributed by atoms with Gasteiger partial charge in [0.05, 0.1) is 22.5 Å². The van der Waals surface area contributed by atoms with Gasteiger partial charge in [-0.2, -0.15) is 0 Å². The van der Waals surface area contributed by atoms with Crippen LogP contribution in [0.15, 0.2) is 24.3 Å². The highest BCUT2D eigenvalue weighted by Crippen LogP contribution is 2.35. The molecule has 7 heteroatoms.